The van der Waals surface area contributed by atoms with E-state index in [-0.39, 0.29) is 26.3 Å². The zero-order valence-electron chi connectivity index (χ0n) is 9.88. The molecule has 0 spiro atoms. The van der Waals surface area contributed by atoms with Gasteiger partial charge < -0.3 is 11.1 Å². The summed E-state index contributed by atoms with van der Waals surface area (Å²) in [6, 6.07) is 7.02. The predicted octanol–water partition coefficient (Wildman–Crippen LogP) is 4.62. The number of anilines is 2. The van der Waals surface area contributed by atoms with Crippen LogP contribution in [0.25, 0.3) is 0 Å². The van der Waals surface area contributed by atoms with Gasteiger partial charge in [0.2, 0.25) is 0 Å². The second-order valence-corrected chi connectivity index (χ2v) is 5.17. The lowest BCUT2D eigenvalue weighted by Gasteiger charge is -2.09. The van der Waals surface area contributed by atoms with Gasteiger partial charge in [-0.05, 0) is 30.3 Å². The molecule has 0 aliphatic carbocycles. The van der Waals surface area contributed by atoms with E-state index in [1.165, 1.54) is 24.3 Å². The molecule has 0 radical (unpaired) electrons. The minimum Gasteiger partial charge on any atom is -0.399 e. The molecule has 0 saturated heterocycles. The summed E-state index contributed by atoms with van der Waals surface area (Å²) in [5.41, 5.74) is 6.45. The molecule has 0 saturated carbocycles. The number of hydrogen-bond donors (Lipinski definition) is 2. The van der Waals surface area contributed by atoms with Gasteiger partial charge in [-0.15, -0.1) is 0 Å². The molecule has 7 heteroatoms. The lowest BCUT2D eigenvalue weighted by atomic mass is 10.2. The van der Waals surface area contributed by atoms with Crippen molar-refractivity contribution in [2.75, 3.05) is 11.1 Å². The Morgan fingerprint density at radius 1 is 1.05 bits per heavy atom. The van der Waals surface area contributed by atoms with Crippen LogP contribution in [0.5, 0.6) is 0 Å². The number of hydrogen-bond acceptors (Lipinski definition) is 2. The second-order valence-electron chi connectivity index (χ2n) is 3.95. The van der Waals surface area contributed by atoms with Crippen LogP contribution in [0.4, 0.5) is 15.8 Å². The fraction of sp³-hybridized carbons (Fsp3) is 0. The van der Waals surface area contributed by atoms with Crippen LogP contribution < -0.4 is 11.1 Å². The lowest BCUT2D eigenvalue weighted by molar-refractivity contribution is 0.102. The smallest absolute Gasteiger partial charge is 0.257 e. The van der Waals surface area contributed by atoms with Gasteiger partial charge in [0.15, 0.2) is 5.82 Å². The van der Waals surface area contributed by atoms with Gasteiger partial charge in [0.1, 0.15) is 0 Å². The SMILES string of the molecule is Nc1ccc(Cl)c(C(=O)Nc2cc(Cl)c(F)c(Cl)c2)c1. The number of rotatable bonds is 2. The molecule has 2 aromatic carbocycles. The van der Waals surface area contributed by atoms with Gasteiger partial charge in [0, 0.05) is 11.4 Å². The van der Waals surface area contributed by atoms with E-state index < -0.39 is 11.7 Å². The highest BCUT2D eigenvalue weighted by atomic mass is 35.5. The van der Waals surface area contributed by atoms with Crippen molar-refractivity contribution in [3.8, 4) is 0 Å². The fourth-order valence-corrected chi connectivity index (χ4v) is 2.23. The molecule has 0 atom stereocenters. The third kappa shape index (κ3) is 3.15. The summed E-state index contributed by atoms with van der Waals surface area (Å²) in [4.78, 5) is 12.1. The van der Waals surface area contributed by atoms with Crippen LogP contribution in [-0.4, -0.2) is 5.91 Å². The summed E-state index contributed by atoms with van der Waals surface area (Å²) in [7, 11) is 0. The predicted molar refractivity (Wildman–Crippen MR) is 80.2 cm³/mol. The average molecular weight is 334 g/mol. The van der Waals surface area contributed by atoms with E-state index in [0.29, 0.717) is 5.69 Å². The minimum absolute atomic E-state index is 0.188. The first-order valence-electron chi connectivity index (χ1n) is 5.39. The largest absolute Gasteiger partial charge is 0.399 e. The van der Waals surface area contributed by atoms with Crippen LogP contribution in [0.3, 0.4) is 0 Å². The summed E-state index contributed by atoms with van der Waals surface area (Å²) < 4.78 is 13.3. The second kappa shape index (κ2) is 5.87. The molecule has 0 aliphatic heterocycles. The molecule has 104 valence electrons. The number of nitrogens with two attached hydrogens (primary N) is 1. The molecule has 3 N–H and O–H groups in total. The van der Waals surface area contributed by atoms with Gasteiger partial charge in [0.05, 0.1) is 20.6 Å². The summed E-state index contributed by atoms with van der Waals surface area (Å²) in [5, 5.41) is 2.39. The maximum absolute atomic E-state index is 13.3. The van der Waals surface area contributed by atoms with Crippen molar-refractivity contribution in [1.29, 1.82) is 0 Å². The normalized spacial score (nSPS) is 10.4. The fourth-order valence-electron chi connectivity index (χ4n) is 1.54. The number of amides is 1. The molecule has 2 aromatic rings. The number of carbonyl (C=O) groups is 1. The molecule has 2 rings (SSSR count). The van der Waals surface area contributed by atoms with Gasteiger partial charge in [-0.2, -0.15) is 0 Å². The van der Waals surface area contributed by atoms with Crippen LogP contribution in [-0.2, 0) is 0 Å². The summed E-state index contributed by atoms with van der Waals surface area (Å²) >= 11 is 17.2. The lowest BCUT2D eigenvalue weighted by Crippen LogP contribution is -2.13. The van der Waals surface area contributed by atoms with Crippen LogP contribution in [0.2, 0.25) is 15.1 Å². The maximum Gasteiger partial charge on any atom is 0.257 e. The molecular weight excluding hydrogens is 326 g/mol. The number of nitrogen functional groups attached to an aromatic ring is 1. The summed E-state index contributed by atoms with van der Waals surface area (Å²) in [5.74, 6) is -1.24. The monoisotopic (exact) mass is 332 g/mol. The molecule has 0 bridgehead atoms. The Morgan fingerprint density at radius 2 is 1.65 bits per heavy atom. The van der Waals surface area contributed by atoms with Crippen molar-refractivity contribution >= 4 is 52.1 Å². The first kappa shape index (κ1) is 14.9. The van der Waals surface area contributed by atoms with Gasteiger partial charge in [-0.1, -0.05) is 34.8 Å². The standard InChI is InChI=1S/C13H8Cl3FN2O/c14-9-2-1-6(18)3-8(9)13(20)19-7-4-10(15)12(17)11(16)5-7/h1-5H,18H2,(H,19,20). The topological polar surface area (TPSA) is 55.1 Å². The van der Waals surface area contributed by atoms with Gasteiger partial charge in [-0.25, -0.2) is 4.39 Å². The molecule has 0 aliphatic rings. The zero-order valence-corrected chi connectivity index (χ0v) is 12.2. The van der Waals surface area contributed by atoms with Gasteiger partial charge >= 0.3 is 0 Å². The van der Waals surface area contributed by atoms with Gasteiger partial charge in [-0.3, -0.25) is 4.79 Å². The van der Waals surface area contributed by atoms with E-state index in [1.807, 2.05) is 0 Å². The van der Waals surface area contributed by atoms with Crippen molar-refractivity contribution in [2.24, 2.45) is 0 Å². The van der Waals surface area contributed by atoms with Crippen LogP contribution >= 0.6 is 34.8 Å². The Labute approximate surface area is 129 Å². The van der Waals surface area contributed by atoms with E-state index in [1.54, 1.807) is 6.07 Å². The first-order chi connectivity index (χ1) is 9.38. The maximum atomic E-state index is 13.3. The third-order valence-corrected chi connectivity index (χ3v) is 3.36. The number of carbonyl (C=O) groups excluding carboxylic acids is 1. The van der Waals surface area contributed by atoms with Crippen molar-refractivity contribution in [3.05, 3.63) is 56.8 Å². The zero-order chi connectivity index (χ0) is 14.9. The molecule has 0 unspecified atom stereocenters. The highest BCUT2D eigenvalue weighted by molar-refractivity contribution is 6.36. The highest BCUT2D eigenvalue weighted by Gasteiger charge is 2.13. The summed E-state index contributed by atoms with van der Waals surface area (Å²) in [6.45, 7) is 0. The Kier molecular flexibility index (Phi) is 4.38. The van der Waals surface area contributed by atoms with Gasteiger partial charge in [0.25, 0.3) is 5.91 Å². The Bertz CT molecular complexity index is 668. The number of nitrogens with one attached hydrogen (secondary N) is 1. The first-order valence-corrected chi connectivity index (χ1v) is 6.53. The van der Waals surface area contributed by atoms with Crippen LogP contribution in [0.1, 0.15) is 10.4 Å². The van der Waals surface area contributed by atoms with E-state index >= 15 is 0 Å². The number of benzene rings is 2. The van der Waals surface area contributed by atoms with Crippen LogP contribution in [0.15, 0.2) is 30.3 Å². The van der Waals surface area contributed by atoms with Crippen molar-refractivity contribution in [2.45, 2.75) is 0 Å². The third-order valence-electron chi connectivity index (χ3n) is 2.48. The molecule has 0 heterocycles. The minimum atomic E-state index is -0.742. The van der Waals surface area contributed by atoms with E-state index in [2.05, 4.69) is 5.32 Å². The molecule has 20 heavy (non-hydrogen) atoms. The summed E-state index contributed by atoms with van der Waals surface area (Å²) in [6.07, 6.45) is 0. The molecule has 0 aromatic heterocycles. The number of halogens is 4. The molecular formula is C13H8Cl3FN2O. The Morgan fingerprint density at radius 3 is 2.25 bits per heavy atom. The van der Waals surface area contributed by atoms with Crippen molar-refractivity contribution in [1.82, 2.24) is 0 Å². The highest BCUT2D eigenvalue weighted by Crippen LogP contribution is 2.28. The Balaban J connectivity index is 2.30. The Hall–Kier alpha value is -1.49. The average Bonchev–Trinajstić information content (AvgIpc) is 2.38. The van der Waals surface area contributed by atoms with Crippen molar-refractivity contribution < 1.29 is 9.18 Å². The molecule has 1 amide bonds. The molecule has 3 nitrogen and oxygen atoms in total. The molecule has 0 fully saturated rings. The van der Waals surface area contributed by atoms with E-state index in [4.69, 9.17) is 40.5 Å². The van der Waals surface area contributed by atoms with Crippen molar-refractivity contribution in [3.63, 3.8) is 0 Å². The van der Waals surface area contributed by atoms with E-state index in [9.17, 15) is 9.18 Å². The van der Waals surface area contributed by atoms with E-state index in [0.717, 1.165) is 0 Å². The van der Waals surface area contributed by atoms with Crippen LogP contribution in [0, 0.1) is 5.82 Å². The quantitative estimate of drug-likeness (QED) is 0.622.